The normalized spacial score (nSPS) is 17.9. The number of rotatable bonds is 5. The number of anilines is 1. The molecule has 1 atom stereocenters. The number of carbonyl (C=O) groups excluding carboxylic acids is 1. The Morgan fingerprint density at radius 2 is 2.00 bits per heavy atom. The zero-order valence-electron chi connectivity index (χ0n) is 15.1. The predicted molar refractivity (Wildman–Crippen MR) is 112 cm³/mol. The first-order chi connectivity index (χ1) is 13.9. The van der Waals surface area contributed by atoms with Crippen molar-refractivity contribution in [2.75, 3.05) is 11.9 Å². The molecule has 29 heavy (non-hydrogen) atoms. The number of amides is 1. The van der Waals surface area contributed by atoms with Crippen molar-refractivity contribution in [2.45, 2.75) is 29.5 Å². The van der Waals surface area contributed by atoms with Gasteiger partial charge >= 0.3 is 6.01 Å². The summed E-state index contributed by atoms with van der Waals surface area (Å²) in [6.07, 6.45) is 1.91. The second-order valence-electron chi connectivity index (χ2n) is 6.47. The van der Waals surface area contributed by atoms with Crippen molar-refractivity contribution in [3.05, 3.63) is 46.3 Å². The number of sulfonamides is 1. The first kappa shape index (κ1) is 20.2. The van der Waals surface area contributed by atoms with E-state index in [1.165, 1.54) is 4.31 Å². The van der Waals surface area contributed by atoms with Crippen molar-refractivity contribution in [3.63, 3.8) is 0 Å². The molecule has 0 aliphatic carbocycles. The second-order valence-corrected chi connectivity index (χ2v) is 10.4. The van der Waals surface area contributed by atoms with E-state index in [2.05, 4.69) is 31.4 Å². The Morgan fingerprint density at radius 1 is 1.21 bits per heavy atom. The molecular formula is C18H17BrN4O4S2. The molecule has 152 valence electrons. The van der Waals surface area contributed by atoms with Gasteiger partial charge in [0.1, 0.15) is 10.3 Å². The van der Waals surface area contributed by atoms with E-state index in [0.717, 1.165) is 22.2 Å². The van der Waals surface area contributed by atoms with Crippen LogP contribution in [0.15, 0.2) is 54.9 Å². The Labute approximate surface area is 180 Å². The molecule has 1 saturated heterocycles. The summed E-state index contributed by atoms with van der Waals surface area (Å²) in [4.78, 5) is 12.8. The third kappa shape index (κ3) is 4.27. The van der Waals surface area contributed by atoms with Gasteiger partial charge in [-0.05, 0) is 48.6 Å². The van der Waals surface area contributed by atoms with Crippen molar-refractivity contribution >= 4 is 49.2 Å². The Morgan fingerprint density at radius 3 is 2.72 bits per heavy atom. The summed E-state index contributed by atoms with van der Waals surface area (Å²) >= 11 is 4.50. The lowest BCUT2D eigenvalue weighted by atomic mass is 10.0. The van der Waals surface area contributed by atoms with Crippen molar-refractivity contribution in [1.29, 1.82) is 0 Å². The molecule has 0 bridgehead atoms. The van der Waals surface area contributed by atoms with E-state index in [9.17, 15) is 13.2 Å². The molecule has 0 saturated carbocycles. The highest BCUT2D eigenvalue weighted by atomic mass is 79.9. The van der Waals surface area contributed by atoms with E-state index in [1.54, 1.807) is 29.6 Å². The number of carbonyl (C=O) groups is 1. The fraction of sp³-hybridized carbons (Fsp3) is 0.278. The number of thiophene rings is 1. The number of hydrogen-bond donors (Lipinski definition) is 1. The van der Waals surface area contributed by atoms with Gasteiger partial charge in [-0.3, -0.25) is 10.1 Å². The molecule has 3 aromatic rings. The van der Waals surface area contributed by atoms with Crippen LogP contribution in [-0.4, -0.2) is 41.4 Å². The van der Waals surface area contributed by atoms with E-state index in [1.807, 2.05) is 12.1 Å². The maximum Gasteiger partial charge on any atom is 0.322 e. The number of nitrogens with one attached hydrogen (secondary N) is 1. The highest BCUT2D eigenvalue weighted by molar-refractivity contribution is 9.10. The van der Waals surface area contributed by atoms with Gasteiger partial charge in [0.15, 0.2) is 0 Å². The van der Waals surface area contributed by atoms with Crippen molar-refractivity contribution in [3.8, 4) is 11.5 Å². The molecule has 2 aromatic heterocycles. The minimum Gasteiger partial charge on any atom is -0.403 e. The number of piperidine rings is 1. The molecule has 0 radical (unpaired) electrons. The lowest BCUT2D eigenvalue weighted by Gasteiger charge is -2.32. The first-order valence-electron chi connectivity index (χ1n) is 8.91. The summed E-state index contributed by atoms with van der Waals surface area (Å²) in [5.74, 6) is -0.213. The second kappa shape index (κ2) is 8.34. The van der Waals surface area contributed by atoms with Crippen LogP contribution >= 0.6 is 27.3 Å². The lowest BCUT2D eigenvalue weighted by molar-refractivity contribution is -0.120. The van der Waals surface area contributed by atoms with Crippen LogP contribution in [0.2, 0.25) is 0 Å². The van der Waals surface area contributed by atoms with Crippen LogP contribution in [0.5, 0.6) is 0 Å². The van der Waals surface area contributed by atoms with Crippen LogP contribution in [0.1, 0.15) is 19.3 Å². The summed E-state index contributed by atoms with van der Waals surface area (Å²) < 4.78 is 33.8. The fourth-order valence-electron chi connectivity index (χ4n) is 3.15. The third-order valence-corrected chi connectivity index (χ3v) is 8.37. The van der Waals surface area contributed by atoms with E-state index < -0.39 is 22.0 Å². The summed E-state index contributed by atoms with van der Waals surface area (Å²) in [5.41, 5.74) is 0.709. The average Bonchev–Trinajstić information content (AvgIpc) is 3.41. The molecule has 11 heteroatoms. The molecule has 1 aliphatic heterocycles. The molecule has 8 nitrogen and oxygen atoms in total. The monoisotopic (exact) mass is 496 g/mol. The fourth-order valence-corrected chi connectivity index (χ4v) is 6.19. The topological polar surface area (TPSA) is 105 Å². The predicted octanol–water partition coefficient (Wildman–Crippen LogP) is 3.74. The molecule has 1 amide bonds. The number of hydrogen-bond acceptors (Lipinski definition) is 7. The molecule has 1 fully saturated rings. The minimum absolute atomic E-state index is 0.0630. The van der Waals surface area contributed by atoms with E-state index in [0.29, 0.717) is 24.9 Å². The molecule has 3 heterocycles. The van der Waals surface area contributed by atoms with Crippen LogP contribution in [0.3, 0.4) is 0 Å². The average molecular weight is 497 g/mol. The molecule has 1 aromatic carbocycles. The van der Waals surface area contributed by atoms with Gasteiger partial charge in [0.2, 0.25) is 11.8 Å². The van der Waals surface area contributed by atoms with Gasteiger partial charge in [-0.1, -0.05) is 33.5 Å². The molecular weight excluding hydrogens is 480 g/mol. The zero-order chi connectivity index (χ0) is 20.4. The Hall–Kier alpha value is -2.08. The highest BCUT2D eigenvalue weighted by Gasteiger charge is 2.38. The molecule has 4 rings (SSSR count). The maximum atomic E-state index is 12.9. The van der Waals surface area contributed by atoms with E-state index in [-0.39, 0.29) is 16.1 Å². The van der Waals surface area contributed by atoms with Crippen molar-refractivity contribution < 1.29 is 17.6 Å². The molecule has 1 N–H and O–H groups in total. The largest absolute Gasteiger partial charge is 0.403 e. The standard InChI is InChI=1S/C18H17BrN4O4S2/c19-13-8-6-12(7-9-13)17-21-22-18(27-17)20-16(24)14-4-1-2-10-23(14)29(25,26)15-5-3-11-28-15/h3,5-9,11,14H,1-2,4,10H2,(H,20,22,24). The van der Waals surface area contributed by atoms with Crippen LogP contribution in [0.25, 0.3) is 11.5 Å². The van der Waals surface area contributed by atoms with Gasteiger partial charge in [-0.15, -0.1) is 16.4 Å². The van der Waals surface area contributed by atoms with Gasteiger partial charge in [0, 0.05) is 16.6 Å². The van der Waals surface area contributed by atoms with Crippen LogP contribution in [0, 0.1) is 0 Å². The van der Waals surface area contributed by atoms with E-state index in [4.69, 9.17) is 4.42 Å². The first-order valence-corrected chi connectivity index (χ1v) is 12.0. The molecule has 0 spiro atoms. The SMILES string of the molecule is O=C(Nc1nnc(-c2ccc(Br)cc2)o1)C1CCCCN1S(=O)(=O)c1cccs1. The van der Waals surface area contributed by atoms with Gasteiger partial charge in [-0.25, -0.2) is 8.42 Å². The van der Waals surface area contributed by atoms with Gasteiger partial charge in [-0.2, -0.15) is 4.31 Å². The van der Waals surface area contributed by atoms with Gasteiger partial charge < -0.3 is 4.42 Å². The minimum atomic E-state index is -3.73. The quantitative estimate of drug-likeness (QED) is 0.576. The number of benzene rings is 1. The highest BCUT2D eigenvalue weighted by Crippen LogP contribution is 2.29. The molecule has 1 unspecified atom stereocenters. The number of halogens is 1. The summed E-state index contributed by atoms with van der Waals surface area (Å²) in [5, 5.41) is 12.1. The van der Waals surface area contributed by atoms with Crippen LogP contribution in [-0.2, 0) is 14.8 Å². The Kier molecular flexibility index (Phi) is 5.81. The number of nitrogens with zero attached hydrogens (tertiary/aromatic N) is 3. The lowest BCUT2D eigenvalue weighted by Crippen LogP contribution is -2.49. The van der Waals surface area contributed by atoms with Gasteiger partial charge in [0.05, 0.1) is 0 Å². The maximum absolute atomic E-state index is 12.9. The number of aromatic nitrogens is 2. The summed E-state index contributed by atoms with van der Waals surface area (Å²) in [6.45, 7) is 0.298. The van der Waals surface area contributed by atoms with E-state index >= 15 is 0 Å². The van der Waals surface area contributed by atoms with Gasteiger partial charge in [0.25, 0.3) is 10.0 Å². The van der Waals surface area contributed by atoms with Crippen molar-refractivity contribution in [1.82, 2.24) is 14.5 Å². The molecule has 1 aliphatic rings. The van der Waals surface area contributed by atoms with Crippen LogP contribution in [0.4, 0.5) is 6.01 Å². The summed E-state index contributed by atoms with van der Waals surface area (Å²) in [6, 6.07) is 9.63. The van der Waals surface area contributed by atoms with Crippen LogP contribution < -0.4 is 5.32 Å². The Balaban J connectivity index is 1.52. The Bertz CT molecular complexity index is 1100. The van der Waals surface area contributed by atoms with Crippen molar-refractivity contribution in [2.24, 2.45) is 0 Å². The zero-order valence-corrected chi connectivity index (χ0v) is 18.3. The smallest absolute Gasteiger partial charge is 0.322 e. The summed E-state index contributed by atoms with van der Waals surface area (Å²) in [7, 11) is -3.73. The third-order valence-electron chi connectivity index (χ3n) is 4.56.